The van der Waals surface area contributed by atoms with Gasteiger partial charge in [-0.05, 0) is 12.8 Å². The number of hydrogen-bond acceptors (Lipinski definition) is 8. The molecule has 0 saturated carbocycles. The second-order valence-corrected chi connectivity index (χ2v) is 5.91. The van der Waals surface area contributed by atoms with Crippen molar-refractivity contribution in [3.05, 3.63) is 34.4 Å². The van der Waals surface area contributed by atoms with Crippen LogP contribution in [0.2, 0.25) is 0 Å². The number of imidazole rings is 2. The summed E-state index contributed by atoms with van der Waals surface area (Å²) in [4.78, 5) is 56.9. The number of aromatic nitrogens is 4. The summed E-state index contributed by atoms with van der Waals surface area (Å²) in [6, 6.07) is 0. The second-order valence-electron chi connectivity index (χ2n) is 5.91. The van der Waals surface area contributed by atoms with E-state index >= 15 is 0 Å². The molecule has 0 radical (unpaired) electrons. The Balaban J connectivity index is 0.000000303. The number of H-pyrrole nitrogens is 2. The minimum atomic E-state index is -1.33. The Bertz CT molecular complexity index is 850. The second kappa shape index (κ2) is 11.3. The molecule has 2 rings (SSSR count). The van der Waals surface area contributed by atoms with Gasteiger partial charge < -0.3 is 29.7 Å². The van der Waals surface area contributed by atoms with E-state index in [2.05, 4.69) is 29.4 Å². The number of aromatic amines is 2. The van der Waals surface area contributed by atoms with Crippen molar-refractivity contribution in [3.63, 3.8) is 0 Å². The van der Waals surface area contributed by atoms with E-state index in [1.54, 1.807) is 0 Å². The maximum Gasteiger partial charge on any atom is 0.359 e. The number of aryl methyl sites for hydroxylation is 2. The summed E-state index contributed by atoms with van der Waals surface area (Å²) in [5.41, 5.74) is -0.780. The fourth-order valence-corrected chi connectivity index (χ4v) is 2.36. The van der Waals surface area contributed by atoms with Crippen molar-refractivity contribution in [1.29, 1.82) is 0 Å². The molecular weight excluding hydrogens is 400 g/mol. The van der Waals surface area contributed by atoms with Gasteiger partial charge in [0.1, 0.15) is 11.6 Å². The number of nitrogens with zero attached hydrogens (tertiary/aromatic N) is 2. The number of methoxy groups -OCH3 is 2. The molecule has 30 heavy (non-hydrogen) atoms. The average molecular weight is 424 g/mol. The first-order valence-corrected chi connectivity index (χ1v) is 9.00. The Morgan fingerprint density at radius 1 is 0.767 bits per heavy atom. The van der Waals surface area contributed by atoms with Crippen molar-refractivity contribution < 1.29 is 38.9 Å². The SMILES string of the molecule is CCCc1nc(C(=O)O)c(C(=O)O)[nH]1.CCCc1nc(C(=O)OC)c(C(=O)OC)[nH]1. The first-order valence-electron chi connectivity index (χ1n) is 9.00. The quantitative estimate of drug-likeness (QED) is 0.454. The van der Waals surface area contributed by atoms with Gasteiger partial charge in [0.25, 0.3) is 0 Å². The first kappa shape index (κ1) is 24.3. The average Bonchev–Trinajstić information content (AvgIpc) is 3.33. The van der Waals surface area contributed by atoms with E-state index in [0.29, 0.717) is 24.5 Å². The molecule has 0 aliphatic rings. The van der Waals surface area contributed by atoms with Gasteiger partial charge >= 0.3 is 23.9 Å². The van der Waals surface area contributed by atoms with Gasteiger partial charge in [0.15, 0.2) is 22.8 Å². The van der Waals surface area contributed by atoms with Crippen LogP contribution in [-0.2, 0) is 22.3 Å². The minimum Gasteiger partial charge on any atom is -0.477 e. The number of hydrogen-bond donors (Lipinski definition) is 4. The normalized spacial score (nSPS) is 10.0. The Hall–Kier alpha value is -3.70. The van der Waals surface area contributed by atoms with Crippen LogP contribution in [-0.4, -0.2) is 68.2 Å². The van der Waals surface area contributed by atoms with Crippen molar-refractivity contribution in [2.24, 2.45) is 0 Å². The van der Waals surface area contributed by atoms with Crippen LogP contribution in [0.25, 0.3) is 0 Å². The van der Waals surface area contributed by atoms with Crippen molar-refractivity contribution in [3.8, 4) is 0 Å². The van der Waals surface area contributed by atoms with Gasteiger partial charge in [-0.2, -0.15) is 0 Å². The highest BCUT2D eigenvalue weighted by Crippen LogP contribution is 2.11. The number of rotatable bonds is 8. The summed E-state index contributed by atoms with van der Waals surface area (Å²) in [6.07, 6.45) is 2.81. The zero-order chi connectivity index (χ0) is 22.8. The molecule has 164 valence electrons. The highest BCUT2D eigenvalue weighted by molar-refractivity contribution is 6.00. The summed E-state index contributed by atoms with van der Waals surface area (Å²) in [7, 11) is 2.47. The Morgan fingerprint density at radius 2 is 1.23 bits per heavy atom. The number of aromatic carboxylic acids is 2. The molecule has 0 spiro atoms. The lowest BCUT2D eigenvalue weighted by Crippen LogP contribution is -2.11. The van der Waals surface area contributed by atoms with E-state index in [9.17, 15) is 19.2 Å². The number of carboxylic acid groups (broad SMARTS) is 2. The van der Waals surface area contributed by atoms with Gasteiger partial charge in [-0.1, -0.05) is 13.8 Å². The molecule has 2 heterocycles. The third-order valence-corrected chi connectivity index (χ3v) is 3.66. The van der Waals surface area contributed by atoms with Crippen molar-refractivity contribution in [1.82, 2.24) is 19.9 Å². The molecule has 0 amide bonds. The Labute approximate surface area is 171 Å². The molecule has 2 aromatic rings. The smallest absolute Gasteiger partial charge is 0.359 e. The molecule has 12 nitrogen and oxygen atoms in total. The molecule has 0 aliphatic heterocycles. The highest BCUT2D eigenvalue weighted by Gasteiger charge is 2.23. The van der Waals surface area contributed by atoms with Gasteiger partial charge in [0, 0.05) is 12.8 Å². The molecule has 2 aromatic heterocycles. The fourth-order valence-electron chi connectivity index (χ4n) is 2.36. The van der Waals surface area contributed by atoms with Crippen molar-refractivity contribution in [2.45, 2.75) is 39.5 Å². The molecule has 12 heteroatoms. The van der Waals surface area contributed by atoms with Crippen LogP contribution < -0.4 is 0 Å². The molecular formula is C18H24N4O8. The van der Waals surface area contributed by atoms with Crippen molar-refractivity contribution in [2.75, 3.05) is 14.2 Å². The number of carbonyl (C=O) groups excluding carboxylic acids is 2. The van der Waals surface area contributed by atoms with Gasteiger partial charge in [0.2, 0.25) is 0 Å². The Kier molecular flexibility index (Phi) is 9.20. The van der Waals surface area contributed by atoms with Crippen molar-refractivity contribution >= 4 is 23.9 Å². The Morgan fingerprint density at radius 3 is 1.60 bits per heavy atom. The summed E-state index contributed by atoms with van der Waals surface area (Å²) < 4.78 is 9.08. The van der Waals surface area contributed by atoms with Crippen LogP contribution in [0.5, 0.6) is 0 Å². The molecule has 0 fully saturated rings. The molecule has 0 aliphatic carbocycles. The predicted octanol–water partition coefficient (Wildman–Crippen LogP) is 1.69. The summed E-state index contributed by atoms with van der Waals surface area (Å²) in [6.45, 7) is 3.86. The maximum absolute atomic E-state index is 11.4. The lowest BCUT2D eigenvalue weighted by atomic mass is 10.3. The van der Waals surface area contributed by atoms with Crippen LogP contribution in [0.3, 0.4) is 0 Å². The zero-order valence-electron chi connectivity index (χ0n) is 17.1. The minimum absolute atomic E-state index is 0.0298. The highest BCUT2D eigenvalue weighted by atomic mass is 16.5. The van der Waals surface area contributed by atoms with E-state index in [-0.39, 0.29) is 17.1 Å². The van der Waals surface area contributed by atoms with E-state index in [1.807, 2.05) is 13.8 Å². The van der Waals surface area contributed by atoms with Gasteiger partial charge in [-0.15, -0.1) is 0 Å². The molecule has 0 aromatic carbocycles. The maximum atomic E-state index is 11.4. The van der Waals surface area contributed by atoms with Gasteiger partial charge in [-0.3, -0.25) is 0 Å². The third-order valence-electron chi connectivity index (χ3n) is 3.66. The van der Waals surface area contributed by atoms with E-state index in [1.165, 1.54) is 14.2 Å². The first-order chi connectivity index (χ1) is 14.2. The third kappa shape index (κ3) is 6.15. The van der Waals surface area contributed by atoms with E-state index < -0.39 is 29.6 Å². The number of esters is 2. The zero-order valence-corrected chi connectivity index (χ0v) is 17.1. The number of carboxylic acids is 2. The van der Waals surface area contributed by atoms with Gasteiger partial charge in [0.05, 0.1) is 14.2 Å². The van der Waals surface area contributed by atoms with Crippen LogP contribution in [0.4, 0.5) is 0 Å². The van der Waals surface area contributed by atoms with E-state index in [4.69, 9.17) is 10.2 Å². The monoisotopic (exact) mass is 424 g/mol. The molecule has 0 unspecified atom stereocenters. The summed E-state index contributed by atoms with van der Waals surface area (Å²) in [5.74, 6) is -2.96. The molecule has 0 atom stereocenters. The molecule has 0 bridgehead atoms. The summed E-state index contributed by atoms with van der Waals surface area (Å²) >= 11 is 0. The van der Waals surface area contributed by atoms with Crippen LogP contribution in [0.15, 0.2) is 0 Å². The van der Waals surface area contributed by atoms with Crippen LogP contribution in [0.1, 0.15) is 80.3 Å². The fraction of sp³-hybridized carbons (Fsp3) is 0.444. The van der Waals surface area contributed by atoms with Crippen LogP contribution in [0, 0.1) is 0 Å². The topological polar surface area (TPSA) is 185 Å². The van der Waals surface area contributed by atoms with Gasteiger partial charge in [-0.25, -0.2) is 29.1 Å². The lowest BCUT2D eigenvalue weighted by Gasteiger charge is -1.98. The standard InChI is InChI=1S/C10H14N2O4.C8H10N2O4/c1-4-5-6-11-7(9(13)15-2)8(12-6)10(14)16-3;1-2-3-4-9-5(7(11)12)6(10-4)8(13)14/h4-5H2,1-3H3,(H,11,12);2-3H2,1H3,(H,9,10)(H,11,12)(H,13,14). The largest absolute Gasteiger partial charge is 0.477 e. The predicted molar refractivity (Wildman–Crippen MR) is 102 cm³/mol. The number of ether oxygens (including phenoxy) is 2. The molecule has 0 saturated heterocycles. The van der Waals surface area contributed by atoms with Crippen LogP contribution >= 0.6 is 0 Å². The lowest BCUT2D eigenvalue weighted by molar-refractivity contribution is 0.0548. The number of carbonyl (C=O) groups is 4. The number of nitrogens with one attached hydrogen (secondary N) is 2. The van der Waals surface area contributed by atoms with E-state index in [0.717, 1.165) is 12.8 Å². The summed E-state index contributed by atoms with van der Waals surface area (Å²) in [5, 5.41) is 17.3. The molecule has 4 N–H and O–H groups in total.